The van der Waals surface area contributed by atoms with Gasteiger partial charge < -0.3 is 4.74 Å². The summed E-state index contributed by atoms with van der Waals surface area (Å²) in [7, 11) is 0. The molecule has 0 spiro atoms. The van der Waals surface area contributed by atoms with E-state index in [1.165, 1.54) is 0 Å². The van der Waals surface area contributed by atoms with Crippen LogP contribution in [0.5, 0.6) is 0 Å². The van der Waals surface area contributed by atoms with E-state index in [2.05, 4.69) is 15.9 Å². The first-order chi connectivity index (χ1) is 5.07. The Hall–Kier alpha value is -0.310. The van der Waals surface area contributed by atoms with Gasteiger partial charge in [-0.05, 0) is 20.8 Å². The van der Waals surface area contributed by atoms with Crippen molar-refractivity contribution in [3.05, 3.63) is 10.1 Å². The Balaban J connectivity index is 3.86. The van der Waals surface area contributed by atoms with Gasteiger partial charge in [-0.1, -0.05) is 21.5 Å². The molecule has 11 heavy (non-hydrogen) atoms. The molecule has 0 aliphatic carbocycles. The Morgan fingerprint density at radius 2 is 2.00 bits per heavy atom. The standard InChI is InChI=1S/C8H13BrO2/c1-4-11-8(10)5-7(9)6(2)3/h4-5H2,1-3H3. The minimum absolute atomic E-state index is 0.180. The minimum Gasteiger partial charge on any atom is -0.466 e. The Morgan fingerprint density at radius 1 is 1.45 bits per heavy atom. The predicted molar refractivity (Wildman–Crippen MR) is 48.6 cm³/mol. The normalized spacial score (nSPS) is 9.09. The van der Waals surface area contributed by atoms with Gasteiger partial charge in [-0.2, -0.15) is 0 Å². The van der Waals surface area contributed by atoms with Crippen LogP contribution < -0.4 is 0 Å². The number of halogens is 1. The molecule has 0 saturated heterocycles. The number of ether oxygens (including phenoxy) is 1. The number of esters is 1. The first kappa shape index (κ1) is 10.7. The summed E-state index contributed by atoms with van der Waals surface area (Å²) in [6.45, 7) is 6.14. The maximum Gasteiger partial charge on any atom is 0.310 e. The van der Waals surface area contributed by atoms with Crippen molar-refractivity contribution >= 4 is 21.9 Å². The Bertz CT molecular complexity index is 169. The molecule has 64 valence electrons. The van der Waals surface area contributed by atoms with Gasteiger partial charge in [0.25, 0.3) is 0 Å². The van der Waals surface area contributed by atoms with Crippen molar-refractivity contribution in [3.63, 3.8) is 0 Å². The lowest BCUT2D eigenvalue weighted by atomic mass is 10.3. The molecule has 0 amide bonds. The quantitative estimate of drug-likeness (QED) is 0.684. The van der Waals surface area contributed by atoms with Crippen LogP contribution in [0.15, 0.2) is 10.1 Å². The van der Waals surface area contributed by atoms with Crippen molar-refractivity contribution < 1.29 is 9.53 Å². The molecular weight excluding hydrogens is 208 g/mol. The molecule has 0 aromatic carbocycles. The fourth-order valence-corrected chi connectivity index (χ4v) is 0.744. The highest BCUT2D eigenvalue weighted by molar-refractivity contribution is 9.11. The zero-order chi connectivity index (χ0) is 8.85. The molecule has 3 heteroatoms. The summed E-state index contributed by atoms with van der Waals surface area (Å²) in [6, 6.07) is 0. The molecule has 0 N–H and O–H groups in total. The summed E-state index contributed by atoms with van der Waals surface area (Å²) < 4.78 is 5.67. The first-order valence-corrected chi connectivity index (χ1v) is 4.34. The zero-order valence-electron chi connectivity index (χ0n) is 7.11. The second kappa shape index (κ2) is 5.35. The number of hydrogen-bond donors (Lipinski definition) is 0. The van der Waals surface area contributed by atoms with Crippen LogP contribution in [0.3, 0.4) is 0 Å². The van der Waals surface area contributed by atoms with E-state index >= 15 is 0 Å². The van der Waals surface area contributed by atoms with Gasteiger partial charge >= 0.3 is 5.97 Å². The van der Waals surface area contributed by atoms with Crippen molar-refractivity contribution in [2.75, 3.05) is 6.61 Å². The SMILES string of the molecule is CCOC(=O)CC(Br)=C(C)C. The van der Waals surface area contributed by atoms with Gasteiger partial charge in [0.15, 0.2) is 0 Å². The van der Waals surface area contributed by atoms with Gasteiger partial charge in [0.1, 0.15) is 0 Å². The van der Waals surface area contributed by atoms with E-state index in [1.807, 2.05) is 13.8 Å². The summed E-state index contributed by atoms with van der Waals surface area (Å²) in [5.74, 6) is -0.180. The van der Waals surface area contributed by atoms with Crippen molar-refractivity contribution in [1.29, 1.82) is 0 Å². The fourth-order valence-electron chi connectivity index (χ4n) is 0.516. The van der Waals surface area contributed by atoms with Gasteiger partial charge in [0.2, 0.25) is 0 Å². The molecule has 0 bridgehead atoms. The molecule has 0 radical (unpaired) electrons. The van der Waals surface area contributed by atoms with Gasteiger partial charge in [-0.25, -0.2) is 0 Å². The van der Waals surface area contributed by atoms with E-state index in [-0.39, 0.29) is 5.97 Å². The third-order valence-electron chi connectivity index (χ3n) is 1.15. The van der Waals surface area contributed by atoms with E-state index in [9.17, 15) is 4.79 Å². The first-order valence-electron chi connectivity index (χ1n) is 3.55. The second-order valence-corrected chi connectivity index (χ2v) is 3.34. The van der Waals surface area contributed by atoms with Crippen LogP contribution in [-0.2, 0) is 9.53 Å². The van der Waals surface area contributed by atoms with Crippen LogP contribution in [0.4, 0.5) is 0 Å². The Kier molecular flexibility index (Phi) is 5.20. The van der Waals surface area contributed by atoms with Crippen LogP contribution in [0.2, 0.25) is 0 Å². The molecule has 0 heterocycles. The van der Waals surface area contributed by atoms with E-state index in [1.54, 1.807) is 6.92 Å². The topological polar surface area (TPSA) is 26.3 Å². The predicted octanol–water partition coefficient (Wildman–Crippen LogP) is 2.63. The lowest BCUT2D eigenvalue weighted by Gasteiger charge is -2.01. The Morgan fingerprint density at radius 3 is 2.36 bits per heavy atom. The van der Waals surface area contributed by atoms with Crippen molar-refractivity contribution in [1.82, 2.24) is 0 Å². The summed E-state index contributed by atoms with van der Waals surface area (Å²) >= 11 is 3.29. The van der Waals surface area contributed by atoms with Crippen LogP contribution in [0, 0.1) is 0 Å². The highest BCUT2D eigenvalue weighted by Gasteiger charge is 2.04. The van der Waals surface area contributed by atoms with Crippen molar-refractivity contribution in [3.8, 4) is 0 Å². The highest BCUT2D eigenvalue weighted by atomic mass is 79.9. The lowest BCUT2D eigenvalue weighted by molar-refractivity contribution is -0.142. The molecule has 0 atom stereocenters. The van der Waals surface area contributed by atoms with Crippen molar-refractivity contribution in [2.24, 2.45) is 0 Å². The van der Waals surface area contributed by atoms with Gasteiger partial charge in [-0.3, -0.25) is 4.79 Å². The van der Waals surface area contributed by atoms with Crippen LogP contribution in [-0.4, -0.2) is 12.6 Å². The summed E-state index contributed by atoms with van der Waals surface area (Å²) in [5.41, 5.74) is 1.11. The van der Waals surface area contributed by atoms with E-state index in [0.29, 0.717) is 13.0 Å². The molecule has 0 aliphatic rings. The molecule has 0 unspecified atom stereocenters. The summed E-state index contributed by atoms with van der Waals surface area (Å²) in [4.78, 5) is 10.9. The smallest absolute Gasteiger partial charge is 0.310 e. The second-order valence-electron chi connectivity index (χ2n) is 2.39. The number of allylic oxidation sites excluding steroid dienone is 1. The third-order valence-corrected chi connectivity index (χ3v) is 2.22. The molecule has 0 aromatic heterocycles. The molecule has 0 aliphatic heterocycles. The van der Waals surface area contributed by atoms with E-state index < -0.39 is 0 Å². The molecular formula is C8H13BrO2. The monoisotopic (exact) mass is 220 g/mol. The molecule has 0 aromatic rings. The molecule has 0 rings (SSSR count). The minimum atomic E-state index is -0.180. The number of carbonyl (C=O) groups excluding carboxylic acids is 1. The maximum absolute atomic E-state index is 10.9. The number of hydrogen-bond acceptors (Lipinski definition) is 2. The van der Waals surface area contributed by atoms with E-state index in [4.69, 9.17) is 4.74 Å². The van der Waals surface area contributed by atoms with Crippen molar-refractivity contribution in [2.45, 2.75) is 27.2 Å². The van der Waals surface area contributed by atoms with Gasteiger partial charge in [0.05, 0.1) is 13.0 Å². The Labute approximate surface area is 75.7 Å². The largest absolute Gasteiger partial charge is 0.466 e. The molecule has 0 fully saturated rings. The zero-order valence-corrected chi connectivity index (χ0v) is 8.69. The number of carbonyl (C=O) groups is 1. The van der Waals surface area contributed by atoms with Crippen LogP contribution >= 0.6 is 15.9 Å². The summed E-state index contributed by atoms with van der Waals surface area (Å²) in [5, 5.41) is 0. The average molecular weight is 221 g/mol. The molecule has 0 saturated carbocycles. The van der Waals surface area contributed by atoms with Crippen LogP contribution in [0.1, 0.15) is 27.2 Å². The van der Waals surface area contributed by atoms with E-state index in [0.717, 1.165) is 10.1 Å². The lowest BCUT2D eigenvalue weighted by Crippen LogP contribution is -2.03. The average Bonchev–Trinajstić information content (AvgIpc) is 1.87. The van der Waals surface area contributed by atoms with Crippen LogP contribution in [0.25, 0.3) is 0 Å². The maximum atomic E-state index is 10.9. The molecule has 2 nitrogen and oxygen atoms in total. The van der Waals surface area contributed by atoms with Gasteiger partial charge in [0, 0.05) is 4.48 Å². The number of rotatable bonds is 3. The highest BCUT2D eigenvalue weighted by Crippen LogP contribution is 2.15. The fraction of sp³-hybridized carbons (Fsp3) is 0.625. The third kappa shape index (κ3) is 5.01. The summed E-state index contributed by atoms with van der Waals surface area (Å²) in [6.07, 6.45) is 0.343. The van der Waals surface area contributed by atoms with Gasteiger partial charge in [-0.15, -0.1) is 0 Å².